The van der Waals surface area contributed by atoms with Gasteiger partial charge in [-0.25, -0.2) is 9.97 Å². The van der Waals surface area contributed by atoms with E-state index in [1.54, 1.807) is 0 Å². The largest absolute Gasteiger partial charge is 0.485 e. The van der Waals surface area contributed by atoms with Crippen LogP contribution in [0.5, 0.6) is 5.75 Å². The van der Waals surface area contributed by atoms with Gasteiger partial charge in [0.25, 0.3) is 0 Å². The lowest BCUT2D eigenvalue weighted by molar-refractivity contribution is 0.283. The van der Waals surface area contributed by atoms with Gasteiger partial charge in [-0.2, -0.15) is 0 Å². The molecule has 1 atom stereocenters. The molecule has 2 aromatic rings. The third kappa shape index (κ3) is 6.01. The van der Waals surface area contributed by atoms with Crippen LogP contribution < -0.4 is 9.64 Å². The second kappa shape index (κ2) is 8.52. The van der Waals surface area contributed by atoms with Crippen LogP contribution in [0, 0.1) is 18.3 Å². The molecule has 0 aliphatic rings. The maximum absolute atomic E-state index is 6.18. The highest BCUT2D eigenvalue weighted by Gasteiger charge is 2.20. The quantitative estimate of drug-likeness (QED) is 0.697. The van der Waals surface area contributed by atoms with Crippen LogP contribution in [0.4, 0.5) is 5.95 Å². The molecule has 0 fully saturated rings. The van der Waals surface area contributed by atoms with Crippen molar-refractivity contribution in [3.8, 4) is 5.75 Å². The molecule has 4 nitrogen and oxygen atoms in total. The molecule has 1 unspecified atom stereocenters. The van der Waals surface area contributed by atoms with E-state index in [1.165, 1.54) is 0 Å². The van der Waals surface area contributed by atoms with Gasteiger partial charge in [-0.3, -0.25) is 0 Å². The molecular formula is C22H33N3O. The van der Waals surface area contributed by atoms with Crippen molar-refractivity contribution in [1.82, 2.24) is 9.97 Å². The van der Waals surface area contributed by atoms with Gasteiger partial charge in [0.1, 0.15) is 6.61 Å². The monoisotopic (exact) mass is 355 g/mol. The Kier molecular flexibility index (Phi) is 6.63. The van der Waals surface area contributed by atoms with Crippen molar-refractivity contribution in [2.24, 2.45) is 11.3 Å². The normalized spacial score (nSPS) is 12.7. The third-order valence-corrected chi connectivity index (χ3v) is 4.22. The fourth-order valence-electron chi connectivity index (χ4n) is 3.31. The number of aryl methyl sites for hydroxylation is 1. The van der Waals surface area contributed by atoms with E-state index in [4.69, 9.17) is 9.72 Å². The Morgan fingerprint density at radius 2 is 1.73 bits per heavy atom. The first kappa shape index (κ1) is 20.2. The number of benzene rings is 1. The van der Waals surface area contributed by atoms with Crippen molar-refractivity contribution >= 4 is 5.95 Å². The lowest BCUT2D eigenvalue weighted by Crippen LogP contribution is -2.18. The minimum Gasteiger partial charge on any atom is -0.485 e. The topological polar surface area (TPSA) is 38.2 Å². The number of aromatic nitrogens is 2. The van der Waals surface area contributed by atoms with Gasteiger partial charge >= 0.3 is 0 Å². The van der Waals surface area contributed by atoms with Gasteiger partial charge < -0.3 is 9.64 Å². The minimum absolute atomic E-state index is 0.303. The van der Waals surface area contributed by atoms with Crippen molar-refractivity contribution < 1.29 is 4.74 Å². The summed E-state index contributed by atoms with van der Waals surface area (Å²) < 4.78 is 6.18. The molecule has 142 valence electrons. The zero-order chi connectivity index (χ0) is 19.3. The molecule has 26 heavy (non-hydrogen) atoms. The third-order valence-electron chi connectivity index (χ3n) is 4.22. The van der Waals surface area contributed by atoms with Crippen LogP contribution in [-0.2, 0) is 13.0 Å². The summed E-state index contributed by atoms with van der Waals surface area (Å²) in [5.41, 5.74) is 3.36. The van der Waals surface area contributed by atoms with Gasteiger partial charge in [0, 0.05) is 14.1 Å². The van der Waals surface area contributed by atoms with Crippen molar-refractivity contribution in [2.75, 3.05) is 19.0 Å². The van der Waals surface area contributed by atoms with E-state index in [1.807, 2.05) is 44.1 Å². The number of hydrogen-bond donors (Lipinski definition) is 0. The standard InChI is InChI=1S/C22H33N3O/c1-16(14-22(3,4)5)13-19-20(17(2)23-21(24-19)25(6)7)26-15-18-11-9-8-10-12-18/h8-12,16H,13-15H2,1-7H3. The van der Waals surface area contributed by atoms with Gasteiger partial charge in [-0.15, -0.1) is 0 Å². The number of hydrogen-bond acceptors (Lipinski definition) is 4. The predicted octanol–water partition coefficient (Wildman–Crippen LogP) is 5.04. The molecule has 0 N–H and O–H groups in total. The average molecular weight is 356 g/mol. The molecule has 0 aliphatic heterocycles. The summed E-state index contributed by atoms with van der Waals surface area (Å²) in [6, 6.07) is 10.2. The van der Waals surface area contributed by atoms with Crippen LogP contribution in [-0.4, -0.2) is 24.1 Å². The zero-order valence-electron chi connectivity index (χ0n) is 17.3. The molecule has 0 radical (unpaired) electrons. The molecule has 1 aromatic carbocycles. The Hall–Kier alpha value is -2.10. The first-order chi connectivity index (χ1) is 12.2. The molecule has 0 saturated heterocycles. The number of ether oxygens (including phenoxy) is 1. The van der Waals surface area contributed by atoms with E-state index in [0.29, 0.717) is 17.9 Å². The van der Waals surface area contributed by atoms with E-state index < -0.39 is 0 Å². The first-order valence-electron chi connectivity index (χ1n) is 9.37. The molecule has 4 heteroatoms. The second-order valence-corrected chi connectivity index (χ2v) is 8.63. The summed E-state index contributed by atoms with van der Waals surface area (Å²) in [7, 11) is 3.95. The predicted molar refractivity (Wildman–Crippen MR) is 109 cm³/mol. The van der Waals surface area contributed by atoms with Gasteiger partial charge in [0.15, 0.2) is 5.75 Å². The SMILES string of the molecule is Cc1nc(N(C)C)nc(CC(C)CC(C)(C)C)c1OCc1ccccc1. The summed E-state index contributed by atoms with van der Waals surface area (Å²) in [6.07, 6.45) is 2.04. The van der Waals surface area contributed by atoms with Crippen LogP contribution in [0.1, 0.15) is 51.1 Å². The Bertz CT molecular complexity index is 705. The first-order valence-corrected chi connectivity index (χ1v) is 9.37. The summed E-state index contributed by atoms with van der Waals surface area (Å²) in [5, 5.41) is 0. The Balaban J connectivity index is 2.26. The minimum atomic E-state index is 0.303. The second-order valence-electron chi connectivity index (χ2n) is 8.63. The summed E-state index contributed by atoms with van der Waals surface area (Å²) >= 11 is 0. The maximum atomic E-state index is 6.18. The van der Waals surface area contributed by atoms with E-state index in [0.717, 1.165) is 41.5 Å². The molecule has 0 saturated carbocycles. The van der Waals surface area contributed by atoms with Gasteiger partial charge in [-0.1, -0.05) is 58.0 Å². The van der Waals surface area contributed by atoms with Gasteiger partial charge in [0.05, 0.1) is 11.4 Å². The molecule has 0 spiro atoms. The highest BCUT2D eigenvalue weighted by Crippen LogP contribution is 2.31. The number of anilines is 1. The Morgan fingerprint density at radius 1 is 1.08 bits per heavy atom. The Labute approximate surface area is 158 Å². The molecular weight excluding hydrogens is 322 g/mol. The van der Waals surface area contributed by atoms with Crippen molar-refractivity contribution in [3.63, 3.8) is 0 Å². The molecule has 1 heterocycles. The number of nitrogens with zero attached hydrogens (tertiary/aromatic N) is 3. The molecule has 0 aliphatic carbocycles. The smallest absolute Gasteiger partial charge is 0.225 e. The summed E-state index contributed by atoms with van der Waals surface area (Å²) in [5.74, 6) is 2.10. The summed E-state index contributed by atoms with van der Waals surface area (Å²) in [6.45, 7) is 11.7. The highest BCUT2D eigenvalue weighted by molar-refractivity contribution is 5.40. The lowest BCUT2D eigenvalue weighted by atomic mass is 9.83. The molecule has 1 aromatic heterocycles. The molecule has 2 rings (SSSR count). The fourth-order valence-corrected chi connectivity index (χ4v) is 3.31. The van der Waals surface area contributed by atoms with Gasteiger partial charge in [0.2, 0.25) is 5.95 Å². The average Bonchev–Trinajstić information content (AvgIpc) is 2.52. The maximum Gasteiger partial charge on any atom is 0.225 e. The van der Waals surface area contributed by atoms with Gasteiger partial charge in [-0.05, 0) is 36.7 Å². The molecule has 0 bridgehead atoms. The Morgan fingerprint density at radius 3 is 2.31 bits per heavy atom. The fraction of sp³-hybridized carbons (Fsp3) is 0.545. The van der Waals surface area contributed by atoms with Crippen LogP contribution in [0.15, 0.2) is 30.3 Å². The van der Waals surface area contributed by atoms with Crippen LogP contribution in [0.2, 0.25) is 0 Å². The van der Waals surface area contributed by atoms with Crippen molar-refractivity contribution in [2.45, 2.75) is 54.1 Å². The van der Waals surface area contributed by atoms with Crippen molar-refractivity contribution in [3.05, 3.63) is 47.3 Å². The molecule has 0 amide bonds. The van der Waals surface area contributed by atoms with E-state index in [2.05, 4.69) is 44.8 Å². The number of rotatable bonds is 7. The lowest BCUT2D eigenvalue weighted by Gasteiger charge is -2.24. The van der Waals surface area contributed by atoms with E-state index >= 15 is 0 Å². The summed E-state index contributed by atoms with van der Waals surface area (Å²) in [4.78, 5) is 11.4. The van der Waals surface area contributed by atoms with Crippen molar-refractivity contribution in [1.29, 1.82) is 0 Å². The van der Waals surface area contributed by atoms with E-state index in [-0.39, 0.29) is 0 Å². The van der Waals surface area contributed by atoms with Crippen LogP contribution in [0.25, 0.3) is 0 Å². The zero-order valence-corrected chi connectivity index (χ0v) is 17.3. The highest BCUT2D eigenvalue weighted by atomic mass is 16.5. The van der Waals surface area contributed by atoms with E-state index in [9.17, 15) is 0 Å². The van der Waals surface area contributed by atoms with Crippen LogP contribution in [0.3, 0.4) is 0 Å². The van der Waals surface area contributed by atoms with Crippen LogP contribution >= 0.6 is 0 Å².